The first-order valence-corrected chi connectivity index (χ1v) is 10.9. The van der Waals surface area contributed by atoms with Gasteiger partial charge in [0.05, 0.1) is 10.9 Å². The van der Waals surface area contributed by atoms with Crippen molar-refractivity contribution in [3.63, 3.8) is 0 Å². The predicted octanol–water partition coefficient (Wildman–Crippen LogP) is 4.01. The number of nitrogens with zero attached hydrogens (tertiary/aromatic N) is 2. The minimum atomic E-state index is -0.527. The summed E-state index contributed by atoms with van der Waals surface area (Å²) in [5.41, 5.74) is 0.0545. The number of carbonyl (C=O) groups is 2. The van der Waals surface area contributed by atoms with Crippen LogP contribution in [0.4, 0.5) is 4.39 Å². The lowest BCUT2D eigenvalue weighted by molar-refractivity contribution is -0.136. The molecule has 2 amide bonds. The van der Waals surface area contributed by atoms with Gasteiger partial charge in [-0.05, 0) is 43.2 Å². The van der Waals surface area contributed by atoms with Crippen LogP contribution in [-0.2, 0) is 4.79 Å². The summed E-state index contributed by atoms with van der Waals surface area (Å²) in [7, 11) is 0. The van der Waals surface area contributed by atoms with Gasteiger partial charge in [-0.1, -0.05) is 32.9 Å². The first-order valence-electron chi connectivity index (χ1n) is 9.86. The molecule has 2 aliphatic heterocycles. The lowest BCUT2D eigenvalue weighted by Crippen LogP contribution is -2.52. The van der Waals surface area contributed by atoms with Crippen LogP contribution in [0, 0.1) is 17.7 Å². The van der Waals surface area contributed by atoms with E-state index in [0.29, 0.717) is 17.6 Å². The molecule has 1 aromatic carbocycles. The van der Waals surface area contributed by atoms with Crippen molar-refractivity contribution in [1.29, 1.82) is 0 Å². The van der Waals surface area contributed by atoms with Crippen LogP contribution in [0.3, 0.4) is 0 Å². The highest BCUT2D eigenvalue weighted by Crippen LogP contribution is 2.36. The van der Waals surface area contributed by atoms with Gasteiger partial charge in [0.25, 0.3) is 5.91 Å². The molecule has 0 aromatic heterocycles. The van der Waals surface area contributed by atoms with Gasteiger partial charge in [0.15, 0.2) is 0 Å². The van der Waals surface area contributed by atoms with E-state index in [1.165, 1.54) is 12.1 Å². The number of piperidine rings is 1. The van der Waals surface area contributed by atoms with Crippen molar-refractivity contribution >= 4 is 23.6 Å². The third-order valence-electron chi connectivity index (χ3n) is 5.48. The van der Waals surface area contributed by atoms with Gasteiger partial charge in [-0.15, -0.1) is 11.8 Å². The van der Waals surface area contributed by atoms with E-state index in [9.17, 15) is 14.0 Å². The Morgan fingerprint density at radius 1 is 1.22 bits per heavy atom. The van der Waals surface area contributed by atoms with E-state index >= 15 is 0 Å². The number of hydrogen-bond acceptors (Lipinski definition) is 3. The monoisotopic (exact) mass is 392 g/mol. The summed E-state index contributed by atoms with van der Waals surface area (Å²) in [5, 5.41) is -0.0882. The van der Waals surface area contributed by atoms with Crippen molar-refractivity contribution in [1.82, 2.24) is 9.80 Å². The van der Waals surface area contributed by atoms with E-state index in [0.717, 1.165) is 32.4 Å². The number of benzene rings is 1. The summed E-state index contributed by atoms with van der Waals surface area (Å²) in [6, 6.07) is 5.56. The molecule has 27 heavy (non-hydrogen) atoms. The molecule has 2 unspecified atom stereocenters. The fourth-order valence-electron chi connectivity index (χ4n) is 3.82. The molecule has 2 saturated heterocycles. The van der Waals surface area contributed by atoms with Crippen molar-refractivity contribution in [2.75, 3.05) is 18.8 Å². The lowest BCUT2D eigenvalue weighted by atomic mass is 9.98. The molecule has 0 bridgehead atoms. The van der Waals surface area contributed by atoms with Crippen LogP contribution in [0.1, 0.15) is 50.4 Å². The third kappa shape index (κ3) is 4.48. The minimum absolute atomic E-state index is 0.0188. The summed E-state index contributed by atoms with van der Waals surface area (Å²) >= 11 is 1.64. The summed E-state index contributed by atoms with van der Waals surface area (Å²) < 4.78 is 14.3. The largest absolute Gasteiger partial charge is 0.341 e. The van der Waals surface area contributed by atoms with Crippen LogP contribution in [0.25, 0.3) is 0 Å². The Labute approximate surface area is 165 Å². The summed E-state index contributed by atoms with van der Waals surface area (Å²) in [6.07, 6.45) is 2.80. The Bertz CT molecular complexity index is 689. The van der Waals surface area contributed by atoms with Crippen molar-refractivity contribution in [2.24, 2.45) is 11.8 Å². The number of rotatable bonds is 4. The Morgan fingerprint density at radius 2 is 1.89 bits per heavy atom. The van der Waals surface area contributed by atoms with Crippen LogP contribution in [0.2, 0.25) is 0 Å². The molecule has 2 atom stereocenters. The Hall–Kier alpha value is -1.56. The molecular formula is C21H29FN2O2S. The van der Waals surface area contributed by atoms with Gasteiger partial charge in [0.2, 0.25) is 5.91 Å². The molecule has 0 saturated carbocycles. The Kier molecular flexibility index (Phi) is 6.45. The van der Waals surface area contributed by atoms with E-state index in [1.807, 2.05) is 4.90 Å². The minimum Gasteiger partial charge on any atom is -0.341 e. The van der Waals surface area contributed by atoms with Gasteiger partial charge >= 0.3 is 0 Å². The fourth-order valence-corrected chi connectivity index (χ4v) is 5.46. The van der Waals surface area contributed by atoms with E-state index in [-0.39, 0.29) is 22.8 Å². The predicted molar refractivity (Wildman–Crippen MR) is 107 cm³/mol. The highest BCUT2D eigenvalue weighted by atomic mass is 32.2. The van der Waals surface area contributed by atoms with Crippen molar-refractivity contribution in [2.45, 2.75) is 51.4 Å². The molecule has 2 aliphatic rings. The van der Waals surface area contributed by atoms with E-state index in [1.54, 1.807) is 28.8 Å². The molecule has 1 aromatic rings. The molecule has 3 rings (SSSR count). The number of thioether (sulfide) groups is 1. The molecule has 148 valence electrons. The SMILES string of the molecule is CC(C)CC1SCC(C(=O)N2CCC(C)CC2)N1C(=O)c1ccccc1F. The number of likely N-dealkylation sites (tertiary alicyclic amines) is 1. The van der Waals surface area contributed by atoms with Crippen LogP contribution in [0.5, 0.6) is 0 Å². The summed E-state index contributed by atoms with van der Waals surface area (Å²) in [4.78, 5) is 30.0. The smallest absolute Gasteiger partial charge is 0.258 e. The second-order valence-electron chi connectivity index (χ2n) is 8.13. The van der Waals surface area contributed by atoms with Crippen molar-refractivity contribution in [3.8, 4) is 0 Å². The average Bonchev–Trinajstić information content (AvgIpc) is 3.04. The molecule has 0 N–H and O–H groups in total. The van der Waals surface area contributed by atoms with Crippen LogP contribution < -0.4 is 0 Å². The summed E-state index contributed by atoms with van der Waals surface area (Å²) in [6.45, 7) is 7.91. The van der Waals surface area contributed by atoms with E-state index in [2.05, 4.69) is 20.8 Å². The molecule has 0 radical (unpaired) electrons. The Balaban J connectivity index is 1.85. The zero-order valence-corrected chi connectivity index (χ0v) is 17.2. The van der Waals surface area contributed by atoms with Crippen molar-refractivity contribution < 1.29 is 14.0 Å². The molecule has 2 fully saturated rings. The van der Waals surface area contributed by atoms with Crippen LogP contribution >= 0.6 is 11.8 Å². The molecule has 0 aliphatic carbocycles. The molecule has 6 heteroatoms. The standard InChI is InChI=1S/C21H29FN2O2S/c1-14(2)12-19-24(20(25)16-6-4-5-7-17(16)22)18(13-27-19)21(26)23-10-8-15(3)9-11-23/h4-7,14-15,18-19H,8-13H2,1-3H3. The van der Waals surface area contributed by atoms with Crippen LogP contribution in [0.15, 0.2) is 24.3 Å². The first-order chi connectivity index (χ1) is 12.9. The maximum Gasteiger partial charge on any atom is 0.258 e. The molecular weight excluding hydrogens is 363 g/mol. The lowest BCUT2D eigenvalue weighted by Gasteiger charge is -2.36. The third-order valence-corrected chi connectivity index (χ3v) is 6.80. The fraction of sp³-hybridized carbons (Fsp3) is 0.619. The average molecular weight is 393 g/mol. The number of carbonyl (C=O) groups excluding carboxylic acids is 2. The number of halogens is 1. The second kappa shape index (κ2) is 8.63. The maximum atomic E-state index is 14.3. The van der Waals surface area contributed by atoms with Gasteiger partial charge < -0.3 is 9.80 Å². The highest BCUT2D eigenvalue weighted by Gasteiger charge is 2.44. The molecule has 2 heterocycles. The van der Waals surface area contributed by atoms with Gasteiger partial charge in [-0.2, -0.15) is 0 Å². The number of hydrogen-bond donors (Lipinski definition) is 0. The quantitative estimate of drug-likeness (QED) is 0.777. The zero-order valence-electron chi connectivity index (χ0n) is 16.4. The van der Waals surface area contributed by atoms with Gasteiger partial charge in [-0.25, -0.2) is 4.39 Å². The van der Waals surface area contributed by atoms with E-state index < -0.39 is 11.9 Å². The topological polar surface area (TPSA) is 40.6 Å². The number of amides is 2. The van der Waals surface area contributed by atoms with Gasteiger partial charge in [0, 0.05) is 18.8 Å². The Morgan fingerprint density at radius 3 is 2.52 bits per heavy atom. The first kappa shape index (κ1) is 20.2. The summed E-state index contributed by atoms with van der Waals surface area (Å²) in [5.74, 6) is 0.737. The maximum absolute atomic E-state index is 14.3. The molecule has 0 spiro atoms. The molecule has 4 nitrogen and oxygen atoms in total. The van der Waals surface area contributed by atoms with Crippen LogP contribution in [-0.4, -0.2) is 51.9 Å². The van der Waals surface area contributed by atoms with Gasteiger partial charge in [-0.3, -0.25) is 9.59 Å². The van der Waals surface area contributed by atoms with E-state index in [4.69, 9.17) is 0 Å². The normalized spacial score (nSPS) is 23.9. The second-order valence-corrected chi connectivity index (χ2v) is 9.34. The highest BCUT2D eigenvalue weighted by molar-refractivity contribution is 8.00. The zero-order chi connectivity index (χ0) is 19.6. The van der Waals surface area contributed by atoms with Crippen molar-refractivity contribution in [3.05, 3.63) is 35.6 Å². The van der Waals surface area contributed by atoms with Gasteiger partial charge in [0.1, 0.15) is 11.9 Å².